The number of hydrogen-bond acceptors (Lipinski definition) is 10. The van der Waals surface area contributed by atoms with Crippen LogP contribution in [-0.2, 0) is 42.9 Å². The van der Waals surface area contributed by atoms with Crippen molar-refractivity contribution in [2.75, 3.05) is 6.61 Å². The quantitative estimate of drug-likeness (QED) is 0.424. The van der Waals surface area contributed by atoms with Crippen LogP contribution in [0.4, 0.5) is 0 Å². The molecule has 1 aliphatic heterocycles. The molecule has 0 amide bonds. The topological polar surface area (TPSA) is 114 Å². The second kappa shape index (κ2) is 11.3. The van der Waals surface area contributed by atoms with Crippen molar-refractivity contribution in [3.05, 3.63) is 42.5 Å². The molecule has 0 spiro atoms. The standard InChI is InChI=1S/C24H26O9S/c1-13(25)29-12-19-21(30-14(2)26)22(31-15(3)27)23(32-16(4)28)24(33-19)34-20-11-7-9-17-8-5-6-10-18(17)20/h5-11,19,21-24H,12H2,1-4H3. The predicted molar refractivity (Wildman–Crippen MR) is 122 cm³/mol. The lowest BCUT2D eigenvalue weighted by molar-refractivity contribution is -0.237. The number of thioether (sulfide) groups is 1. The van der Waals surface area contributed by atoms with Crippen LogP contribution in [0.15, 0.2) is 47.4 Å². The minimum Gasteiger partial charge on any atom is -0.463 e. The zero-order valence-corrected chi connectivity index (χ0v) is 20.0. The summed E-state index contributed by atoms with van der Waals surface area (Å²) < 4.78 is 27.7. The van der Waals surface area contributed by atoms with Gasteiger partial charge in [-0.25, -0.2) is 0 Å². The summed E-state index contributed by atoms with van der Waals surface area (Å²) in [4.78, 5) is 48.1. The number of carbonyl (C=O) groups is 4. The zero-order valence-electron chi connectivity index (χ0n) is 19.2. The highest BCUT2D eigenvalue weighted by Crippen LogP contribution is 2.39. The van der Waals surface area contributed by atoms with E-state index in [0.717, 1.165) is 15.7 Å². The van der Waals surface area contributed by atoms with E-state index >= 15 is 0 Å². The summed E-state index contributed by atoms with van der Waals surface area (Å²) in [6.45, 7) is 4.57. The third kappa shape index (κ3) is 6.48. The van der Waals surface area contributed by atoms with E-state index in [9.17, 15) is 19.2 Å². The molecule has 5 atom stereocenters. The summed E-state index contributed by atoms with van der Waals surface area (Å²) in [6, 6.07) is 13.5. The van der Waals surface area contributed by atoms with Crippen LogP contribution >= 0.6 is 11.8 Å². The van der Waals surface area contributed by atoms with E-state index in [1.165, 1.54) is 39.5 Å². The second-order valence-corrected chi connectivity index (χ2v) is 8.80. The smallest absolute Gasteiger partial charge is 0.303 e. The highest BCUT2D eigenvalue weighted by molar-refractivity contribution is 8.00. The fourth-order valence-electron chi connectivity index (χ4n) is 3.71. The summed E-state index contributed by atoms with van der Waals surface area (Å²) in [5.41, 5.74) is -0.869. The van der Waals surface area contributed by atoms with Crippen molar-refractivity contribution in [1.29, 1.82) is 0 Å². The highest BCUT2D eigenvalue weighted by Gasteiger charge is 2.52. The molecule has 3 rings (SSSR count). The minimum atomic E-state index is -1.19. The Labute approximate surface area is 201 Å². The normalized spacial score (nSPS) is 24.2. The number of benzene rings is 2. The molecule has 2 aromatic rings. The first-order chi connectivity index (χ1) is 16.2. The molecule has 34 heavy (non-hydrogen) atoms. The molecule has 2 aromatic carbocycles. The van der Waals surface area contributed by atoms with Gasteiger partial charge in [0.1, 0.15) is 18.1 Å². The summed E-state index contributed by atoms with van der Waals surface area (Å²) in [5, 5.41) is 1.95. The lowest BCUT2D eigenvalue weighted by atomic mass is 9.99. The fourth-order valence-corrected chi connectivity index (χ4v) is 4.97. The first kappa shape index (κ1) is 25.5. The summed E-state index contributed by atoms with van der Waals surface area (Å²) in [5.74, 6) is -2.52. The molecular weight excluding hydrogens is 464 g/mol. The maximum Gasteiger partial charge on any atom is 0.303 e. The molecule has 1 aliphatic rings. The highest BCUT2D eigenvalue weighted by atomic mass is 32.2. The van der Waals surface area contributed by atoms with Crippen molar-refractivity contribution in [3.8, 4) is 0 Å². The molecular formula is C24H26O9S. The average Bonchev–Trinajstić information content (AvgIpc) is 2.75. The van der Waals surface area contributed by atoms with Crippen LogP contribution in [0.5, 0.6) is 0 Å². The molecule has 5 unspecified atom stereocenters. The molecule has 1 saturated heterocycles. The SMILES string of the molecule is CC(=O)OCC1OC(Sc2cccc3ccccc23)C(OC(C)=O)C(OC(C)=O)C1OC(C)=O. The number of carbonyl (C=O) groups excluding carboxylic acids is 4. The summed E-state index contributed by atoms with van der Waals surface area (Å²) in [6.07, 6.45) is -4.44. The summed E-state index contributed by atoms with van der Waals surface area (Å²) in [7, 11) is 0. The van der Waals surface area contributed by atoms with Crippen LogP contribution in [0.3, 0.4) is 0 Å². The van der Waals surface area contributed by atoms with E-state index in [0.29, 0.717) is 0 Å². The maximum atomic E-state index is 12.0. The third-order valence-electron chi connectivity index (χ3n) is 4.94. The molecule has 0 bridgehead atoms. The Kier molecular flexibility index (Phi) is 8.51. The van der Waals surface area contributed by atoms with Crippen LogP contribution in [0.2, 0.25) is 0 Å². The molecule has 0 radical (unpaired) electrons. The van der Waals surface area contributed by atoms with E-state index in [2.05, 4.69) is 0 Å². The van der Waals surface area contributed by atoms with Gasteiger partial charge in [0.15, 0.2) is 18.3 Å². The molecule has 0 saturated carbocycles. The van der Waals surface area contributed by atoms with Crippen molar-refractivity contribution in [3.63, 3.8) is 0 Å². The molecule has 1 fully saturated rings. The fraction of sp³-hybridized carbons (Fsp3) is 0.417. The molecule has 0 N–H and O–H groups in total. The van der Waals surface area contributed by atoms with Gasteiger partial charge < -0.3 is 23.7 Å². The molecule has 0 aliphatic carbocycles. The van der Waals surface area contributed by atoms with Gasteiger partial charge in [0.2, 0.25) is 0 Å². The van der Waals surface area contributed by atoms with Gasteiger partial charge in [-0.1, -0.05) is 48.2 Å². The van der Waals surface area contributed by atoms with E-state index in [4.69, 9.17) is 23.7 Å². The Hall–Kier alpha value is -3.11. The number of esters is 4. The van der Waals surface area contributed by atoms with Gasteiger partial charge in [-0.05, 0) is 16.8 Å². The van der Waals surface area contributed by atoms with Crippen LogP contribution < -0.4 is 0 Å². The lowest BCUT2D eigenvalue weighted by Gasteiger charge is -2.44. The Morgan fingerprint density at radius 3 is 2.00 bits per heavy atom. The maximum absolute atomic E-state index is 12.0. The van der Waals surface area contributed by atoms with Crippen molar-refractivity contribution in [2.45, 2.75) is 62.4 Å². The Morgan fingerprint density at radius 2 is 1.35 bits per heavy atom. The summed E-state index contributed by atoms with van der Waals surface area (Å²) >= 11 is 1.26. The van der Waals surface area contributed by atoms with Crippen molar-refractivity contribution in [2.24, 2.45) is 0 Å². The van der Waals surface area contributed by atoms with Gasteiger partial charge in [0.05, 0.1) is 0 Å². The Bertz CT molecular complexity index is 1060. The van der Waals surface area contributed by atoms with Crippen molar-refractivity contribution >= 4 is 46.4 Å². The van der Waals surface area contributed by atoms with E-state index < -0.39 is 53.7 Å². The molecule has 182 valence electrons. The van der Waals surface area contributed by atoms with Crippen LogP contribution in [0.1, 0.15) is 27.7 Å². The van der Waals surface area contributed by atoms with E-state index in [1.54, 1.807) is 0 Å². The number of fused-ring (bicyclic) bond motifs is 1. The Morgan fingerprint density at radius 1 is 0.765 bits per heavy atom. The van der Waals surface area contributed by atoms with E-state index in [1.807, 2.05) is 42.5 Å². The largest absolute Gasteiger partial charge is 0.463 e. The third-order valence-corrected chi connectivity index (χ3v) is 6.16. The molecule has 1 heterocycles. The first-order valence-corrected chi connectivity index (χ1v) is 11.5. The minimum absolute atomic E-state index is 0.259. The molecule has 9 nitrogen and oxygen atoms in total. The van der Waals surface area contributed by atoms with Gasteiger partial charge in [0.25, 0.3) is 0 Å². The molecule has 0 aromatic heterocycles. The van der Waals surface area contributed by atoms with Gasteiger partial charge in [-0.3, -0.25) is 19.2 Å². The van der Waals surface area contributed by atoms with Crippen LogP contribution in [-0.4, -0.2) is 60.3 Å². The van der Waals surface area contributed by atoms with Gasteiger partial charge in [-0.2, -0.15) is 0 Å². The van der Waals surface area contributed by atoms with Gasteiger partial charge >= 0.3 is 23.9 Å². The Balaban J connectivity index is 2.03. The monoisotopic (exact) mass is 490 g/mol. The second-order valence-electron chi connectivity index (χ2n) is 7.66. The van der Waals surface area contributed by atoms with Gasteiger partial charge in [-0.15, -0.1) is 0 Å². The number of ether oxygens (including phenoxy) is 5. The van der Waals surface area contributed by atoms with Crippen molar-refractivity contribution in [1.82, 2.24) is 0 Å². The number of hydrogen-bond donors (Lipinski definition) is 0. The van der Waals surface area contributed by atoms with Crippen LogP contribution in [0, 0.1) is 0 Å². The average molecular weight is 491 g/mol. The van der Waals surface area contributed by atoms with Gasteiger partial charge in [0, 0.05) is 32.6 Å². The van der Waals surface area contributed by atoms with Crippen LogP contribution in [0.25, 0.3) is 10.8 Å². The van der Waals surface area contributed by atoms with Crippen molar-refractivity contribution < 1.29 is 42.9 Å². The molecule has 10 heteroatoms. The van der Waals surface area contributed by atoms with E-state index in [-0.39, 0.29) is 6.61 Å². The lowest BCUT2D eigenvalue weighted by Crippen LogP contribution is -2.61. The first-order valence-electron chi connectivity index (χ1n) is 10.6. The predicted octanol–water partition coefficient (Wildman–Crippen LogP) is 3.02. The zero-order chi connectivity index (χ0) is 24.8. The number of rotatable bonds is 7.